The van der Waals surface area contributed by atoms with Crippen LogP contribution in [0, 0.1) is 5.41 Å². The fraction of sp³-hybridized carbons (Fsp3) is 1.00. The molecule has 0 atom stereocenters. The first-order chi connectivity index (χ1) is 6.33. The zero-order chi connectivity index (χ0) is 9.57. The van der Waals surface area contributed by atoms with Gasteiger partial charge in [0.1, 0.15) is 0 Å². The minimum absolute atomic E-state index is 0.713. The van der Waals surface area contributed by atoms with Crippen LogP contribution in [0.5, 0.6) is 0 Å². The molecule has 0 aromatic rings. The highest BCUT2D eigenvalue weighted by molar-refractivity contribution is 4.89. The molecule has 1 aliphatic carbocycles. The summed E-state index contributed by atoms with van der Waals surface area (Å²) in [7, 11) is 0. The number of hydrogen-bond donors (Lipinski definition) is 1. The van der Waals surface area contributed by atoms with Crippen molar-refractivity contribution in [3.63, 3.8) is 0 Å². The molecular weight excluding hydrogens is 158 g/mol. The topological polar surface area (TPSA) is 12.0 Å². The van der Waals surface area contributed by atoms with E-state index >= 15 is 0 Å². The molecule has 1 saturated carbocycles. The van der Waals surface area contributed by atoms with E-state index < -0.39 is 0 Å². The number of nitrogens with one attached hydrogen (secondary N) is 1. The summed E-state index contributed by atoms with van der Waals surface area (Å²) < 4.78 is 0. The second-order valence-corrected chi connectivity index (χ2v) is 4.59. The average molecular weight is 183 g/mol. The Morgan fingerprint density at radius 1 is 1.15 bits per heavy atom. The maximum atomic E-state index is 3.52. The van der Waals surface area contributed by atoms with Crippen LogP contribution in [0.3, 0.4) is 0 Å². The summed E-state index contributed by atoms with van der Waals surface area (Å²) in [5.74, 6) is 0. The van der Waals surface area contributed by atoms with Crippen molar-refractivity contribution in [2.75, 3.05) is 13.1 Å². The SMILES string of the molecule is CCCCCC1(CNCC)CCC1. The molecular formula is C12H25N. The second-order valence-electron chi connectivity index (χ2n) is 4.59. The van der Waals surface area contributed by atoms with Crippen LogP contribution in [0.1, 0.15) is 58.8 Å². The molecule has 78 valence electrons. The first kappa shape index (κ1) is 11.0. The van der Waals surface area contributed by atoms with E-state index in [2.05, 4.69) is 19.2 Å². The van der Waals surface area contributed by atoms with Gasteiger partial charge in [-0.25, -0.2) is 0 Å². The molecule has 0 saturated heterocycles. The lowest BCUT2D eigenvalue weighted by Gasteiger charge is -2.42. The Bertz CT molecular complexity index is 127. The Balaban J connectivity index is 2.15. The Morgan fingerprint density at radius 2 is 1.92 bits per heavy atom. The van der Waals surface area contributed by atoms with Crippen molar-refractivity contribution in [2.45, 2.75) is 58.8 Å². The average Bonchev–Trinajstić information content (AvgIpc) is 2.08. The fourth-order valence-electron chi connectivity index (χ4n) is 2.33. The van der Waals surface area contributed by atoms with Crippen LogP contribution in [-0.2, 0) is 0 Å². The third-order valence-corrected chi connectivity index (χ3v) is 3.47. The maximum absolute atomic E-state index is 3.52. The largest absolute Gasteiger partial charge is 0.316 e. The predicted octanol–water partition coefficient (Wildman–Crippen LogP) is 3.35. The van der Waals surface area contributed by atoms with Crippen molar-refractivity contribution in [2.24, 2.45) is 5.41 Å². The number of rotatable bonds is 7. The van der Waals surface area contributed by atoms with Gasteiger partial charge in [-0.2, -0.15) is 0 Å². The van der Waals surface area contributed by atoms with Gasteiger partial charge >= 0.3 is 0 Å². The molecule has 0 aromatic carbocycles. The monoisotopic (exact) mass is 183 g/mol. The lowest BCUT2D eigenvalue weighted by Crippen LogP contribution is -2.39. The van der Waals surface area contributed by atoms with Crippen molar-refractivity contribution in [1.82, 2.24) is 5.32 Å². The third kappa shape index (κ3) is 3.30. The summed E-state index contributed by atoms with van der Waals surface area (Å²) in [6.07, 6.45) is 10.1. The standard InChI is InChI=1S/C12H25N/c1-3-5-6-8-12(9-7-10-12)11-13-4-2/h13H,3-11H2,1-2H3. The second kappa shape index (κ2) is 5.64. The first-order valence-corrected chi connectivity index (χ1v) is 6.04. The Morgan fingerprint density at radius 3 is 2.38 bits per heavy atom. The Labute approximate surface area is 83.3 Å². The number of hydrogen-bond acceptors (Lipinski definition) is 1. The highest BCUT2D eigenvalue weighted by Gasteiger charge is 2.35. The quantitative estimate of drug-likeness (QED) is 0.597. The molecule has 1 nitrogen and oxygen atoms in total. The van der Waals surface area contributed by atoms with Gasteiger partial charge in [-0.1, -0.05) is 39.5 Å². The highest BCUT2D eigenvalue weighted by Crippen LogP contribution is 2.44. The van der Waals surface area contributed by atoms with Gasteiger partial charge in [0, 0.05) is 6.54 Å². The van der Waals surface area contributed by atoms with Crippen molar-refractivity contribution >= 4 is 0 Å². The van der Waals surface area contributed by atoms with E-state index in [4.69, 9.17) is 0 Å². The van der Waals surface area contributed by atoms with Crippen molar-refractivity contribution in [3.05, 3.63) is 0 Å². The molecule has 1 rings (SSSR count). The normalized spacial score (nSPS) is 19.8. The van der Waals surface area contributed by atoms with Crippen LogP contribution in [0.2, 0.25) is 0 Å². The molecule has 13 heavy (non-hydrogen) atoms. The molecule has 0 aromatic heterocycles. The van der Waals surface area contributed by atoms with Crippen LogP contribution in [0.15, 0.2) is 0 Å². The van der Waals surface area contributed by atoms with Crippen LogP contribution < -0.4 is 5.32 Å². The van der Waals surface area contributed by atoms with Crippen LogP contribution >= 0.6 is 0 Å². The van der Waals surface area contributed by atoms with E-state index in [-0.39, 0.29) is 0 Å². The van der Waals surface area contributed by atoms with Crippen molar-refractivity contribution in [3.8, 4) is 0 Å². The van der Waals surface area contributed by atoms with Gasteiger partial charge in [0.2, 0.25) is 0 Å². The van der Waals surface area contributed by atoms with E-state index in [0.29, 0.717) is 5.41 Å². The van der Waals surface area contributed by atoms with Gasteiger partial charge < -0.3 is 5.32 Å². The molecule has 0 aliphatic heterocycles. The van der Waals surface area contributed by atoms with Crippen LogP contribution in [0.4, 0.5) is 0 Å². The minimum atomic E-state index is 0.713. The number of unbranched alkanes of at least 4 members (excludes halogenated alkanes) is 2. The van der Waals surface area contributed by atoms with E-state index in [1.54, 1.807) is 0 Å². The lowest BCUT2D eigenvalue weighted by atomic mass is 9.66. The van der Waals surface area contributed by atoms with Gasteiger partial charge in [0.05, 0.1) is 0 Å². The first-order valence-electron chi connectivity index (χ1n) is 6.04. The van der Waals surface area contributed by atoms with E-state index in [1.165, 1.54) is 51.5 Å². The van der Waals surface area contributed by atoms with Crippen LogP contribution in [-0.4, -0.2) is 13.1 Å². The van der Waals surface area contributed by atoms with Gasteiger partial charge in [-0.3, -0.25) is 0 Å². The molecule has 1 heteroatoms. The molecule has 1 N–H and O–H groups in total. The fourth-order valence-corrected chi connectivity index (χ4v) is 2.33. The Kier molecular flexibility index (Phi) is 4.79. The maximum Gasteiger partial charge on any atom is 0.000769 e. The van der Waals surface area contributed by atoms with E-state index in [1.807, 2.05) is 0 Å². The van der Waals surface area contributed by atoms with Gasteiger partial charge in [0.25, 0.3) is 0 Å². The van der Waals surface area contributed by atoms with E-state index in [9.17, 15) is 0 Å². The molecule has 0 amide bonds. The van der Waals surface area contributed by atoms with Crippen molar-refractivity contribution < 1.29 is 0 Å². The van der Waals surface area contributed by atoms with E-state index in [0.717, 1.165) is 6.54 Å². The van der Waals surface area contributed by atoms with Gasteiger partial charge in [-0.05, 0) is 31.2 Å². The molecule has 1 aliphatic rings. The molecule has 0 heterocycles. The summed E-state index contributed by atoms with van der Waals surface area (Å²) in [6, 6.07) is 0. The zero-order valence-electron chi connectivity index (χ0n) is 9.36. The van der Waals surface area contributed by atoms with Gasteiger partial charge in [0.15, 0.2) is 0 Å². The molecule has 0 unspecified atom stereocenters. The zero-order valence-corrected chi connectivity index (χ0v) is 9.36. The summed E-state index contributed by atoms with van der Waals surface area (Å²) >= 11 is 0. The summed E-state index contributed by atoms with van der Waals surface area (Å²) in [6.45, 7) is 6.90. The summed E-state index contributed by atoms with van der Waals surface area (Å²) in [5.41, 5.74) is 0.713. The Hall–Kier alpha value is -0.0400. The molecule has 1 fully saturated rings. The smallest absolute Gasteiger partial charge is 0.000769 e. The molecule has 0 bridgehead atoms. The summed E-state index contributed by atoms with van der Waals surface area (Å²) in [5, 5.41) is 3.52. The lowest BCUT2D eigenvalue weighted by molar-refractivity contribution is 0.113. The summed E-state index contributed by atoms with van der Waals surface area (Å²) in [4.78, 5) is 0. The molecule has 0 radical (unpaired) electrons. The third-order valence-electron chi connectivity index (χ3n) is 3.47. The van der Waals surface area contributed by atoms with Crippen molar-refractivity contribution in [1.29, 1.82) is 0 Å². The minimum Gasteiger partial charge on any atom is -0.316 e. The predicted molar refractivity (Wildman–Crippen MR) is 59.0 cm³/mol. The highest BCUT2D eigenvalue weighted by atomic mass is 14.9. The van der Waals surface area contributed by atoms with Crippen LogP contribution in [0.25, 0.3) is 0 Å². The molecule has 0 spiro atoms. The van der Waals surface area contributed by atoms with Gasteiger partial charge in [-0.15, -0.1) is 0 Å².